The minimum absolute atomic E-state index is 0.158. The SMILES string of the molecule is CCC1CSC2(CCCC2S(C)(=O)=O)N1. The maximum absolute atomic E-state index is 11.7. The zero-order valence-corrected chi connectivity index (χ0v) is 11.0. The Bertz CT molecular complexity index is 341. The standard InChI is InChI=1S/C10H19NO2S2/c1-3-8-7-14-10(11-8)6-4-5-9(10)15(2,12)13/h8-9,11H,3-7H2,1-2H3. The number of rotatable bonds is 2. The highest BCUT2D eigenvalue weighted by molar-refractivity contribution is 8.02. The molecule has 5 heteroatoms. The largest absolute Gasteiger partial charge is 0.298 e. The summed E-state index contributed by atoms with van der Waals surface area (Å²) in [6, 6.07) is 0.498. The molecule has 1 spiro atoms. The quantitative estimate of drug-likeness (QED) is 0.803. The molecule has 1 aliphatic heterocycles. The average molecular weight is 249 g/mol. The van der Waals surface area contributed by atoms with Crippen LogP contribution < -0.4 is 5.32 Å². The number of hydrogen-bond acceptors (Lipinski definition) is 4. The van der Waals surface area contributed by atoms with Gasteiger partial charge in [0.1, 0.15) is 0 Å². The first kappa shape index (κ1) is 11.7. The Hall–Kier alpha value is 0.260. The van der Waals surface area contributed by atoms with Gasteiger partial charge in [-0.25, -0.2) is 8.42 Å². The van der Waals surface area contributed by atoms with E-state index in [2.05, 4.69) is 12.2 Å². The molecule has 15 heavy (non-hydrogen) atoms. The van der Waals surface area contributed by atoms with Gasteiger partial charge in [-0.05, 0) is 25.7 Å². The van der Waals surface area contributed by atoms with Gasteiger partial charge in [0, 0.05) is 18.1 Å². The van der Waals surface area contributed by atoms with Crippen molar-refractivity contribution < 1.29 is 8.42 Å². The van der Waals surface area contributed by atoms with E-state index in [4.69, 9.17) is 0 Å². The van der Waals surface area contributed by atoms with E-state index in [0.717, 1.165) is 31.4 Å². The Morgan fingerprint density at radius 2 is 2.27 bits per heavy atom. The Kier molecular flexibility index (Phi) is 3.07. The Morgan fingerprint density at radius 1 is 1.53 bits per heavy atom. The third-order valence-corrected chi connectivity index (χ3v) is 7.05. The van der Waals surface area contributed by atoms with Crippen LogP contribution in [0.3, 0.4) is 0 Å². The minimum atomic E-state index is -2.91. The zero-order chi connectivity index (χ0) is 11.1. The second kappa shape index (κ2) is 3.93. The summed E-state index contributed by atoms with van der Waals surface area (Å²) >= 11 is 1.83. The zero-order valence-electron chi connectivity index (χ0n) is 9.32. The summed E-state index contributed by atoms with van der Waals surface area (Å²) in [6.07, 6.45) is 5.34. The second-order valence-electron chi connectivity index (χ2n) is 4.66. The van der Waals surface area contributed by atoms with Crippen molar-refractivity contribution in [1.82, 2.24) is 5.32 Å². The first-order valence-corrected chi connectivity index (χ1v) is 8.52. The molecule has 1 aliphatic carbocycles. The van der Waals surface area contributed by atoms with Crippen molar-refractivity contribution in [3.05, 3.63) is 0 Å². The summed E-state index contributed by atoms with van der Waals surface area (Å²) in [5, 5.41) is 3.38. The molecule has 1 saturated heterocycles. The van der Waals surface area contributed by atoms with E-state index in [1.165, 1.54) is 6.26 Å². The molecule has 3 unspecified atom stereocenters. The van der Waals surface area contributed by atoms with Crippen molar-refractivity contribution in [3.8, 4) is 0 Å². The fourth-order valence-corrected chi connectivity index (χ4v) is 6.59. The Morgan fingerprint density at radius 3 is 2.80 bits per heavy atom. The first-order chi connectivity index (χ1) is 6.98. The minimum Gasteiger partial charge on any atom is -0.298 e. The lowest BCUT2D eigenvalue weighted by Gasteiger charge is -2.30. The van der Waals surface area contributed by atoms with Crippen molar-refractivity contribution >= 4 is 21.6 Å². The molecule has 1 heterocycles. The van der Waals surface area contributed by atoms with Gasteiger partial charge in [-0.3, -0.25) is 5.32 Å². The maximum Gasteiger partial charge on any atom is 0.152 e. The van der Waals surface area contributed by atoms with Gasteiger partial charge >= 0.3 is 0 Å². The predicted molar refractivity (Wildman–Crippen MR) is 64.9 cm³/mol. The molecule has 3 atom stereocenters. The summed E-state index contributed by atoms with van der Waals surface area (Å²) in [6.45, 7) is 2.15. The van der Waals surface area contributed by atoms with E-state index in [0.29, 0.717) is 6.04 Å². The van der Waals surface area contributed by atoms with Crippen LogP contribution in [0.5, 0.6) is 0 Å². The third-order valence-electron chi connectivity index (χ3n) is 3.53. The lowest BCUT2D eigenvalue weighted by molar-refractivity contribution is 0.434. The third kappa shape index (κ3) is 2.06. The van der Waals surface area contributed by atoms with E-state index in [1.54, 1.807) is 0 Å². The van der Waals surface area contributed by atoms with Crippen molar-refractivity contribution in [1.29, 1.82) is 0 Å². The molecule has 88 valence electrons. The van der Waals surface area contributed by atoms with Crippen LogP contribution in [0, 0.1) is 0 Å². The van der Waals surface area contributed by atoms with Crippen LogP contribution in [0.4, 0.5) is 0 Å². The Balaban J connectivity index is 2.21. The van der Waals surface area contributed by atoms with Crippen molar-refractivity contribution in [3.63, 3.8) is 0 Å². The van der Waals surface area contributed by atoms with Crippen LogP contribution in [-0.4, -0.2) is 36.6 Å². The Labute approximate surface area is 96.3 Å². The summed E-state index contributed by atoms with van der Waals surface area (Å²) in [7, 11) is -2.91. The van der Waals surface area contributed by atoms with Gasteiger partial charge in [-0.2, -0.15) is 0 Å². The molecular weight excluding hydrogens is 230 g/mol. The maximum atomic E-state index is 11.7. The number of nitrogens with one attached hydrogen (secondary N) is 1. The highest BCUT2D eigenvalue weighted by atomic mass is 32.2. The van der Waals surface area contributed by atoms with Gasteiger partial charge in [-0.1, -0.05) is 6.92 Å². The normalized spacial score (nSPS) is 41.5. The van der Waals surface area contributed by atoms with E-state index in [-0.39, 0.29) is 10.1 Å². The smallest absolute Gasteiger partial charge is 0.152 e. The summed E-state index contributed by atoms with van der Waals surface area (Å²) in [4.78, 5) is -0.158. The van der Waals surface area contributed by atoms with Gasteiger partial charge in [0.05, 0.1) is 10.1 Å². The van der Waals surface area contributed by atoms with Gasteiger partial charge in [-0.15, -0.1) is 11.8 Å². The first-order valence-electron chi connectivity index (χ1n) is 5.58. The molecule has 3 nitrogen and oxygen atoms in total. The molecule has 0 radical (unpaired) electrons. The summed E-state index contributed by atoms with van der Waals surface area (Å²) in [5.74, 6) is 1.06. The molecular formula is C10H19NO2S2. The molecule has 2 aliphatic rings. The summed E-state index contributed by atoms with van der Waals surface area (Å²) < 4.78 is 23.5. The monoisotopic (exact) mass is 249 g/mol. The fourth-order valence-electron chi connectivity index (χ4n) is 2.73. The predicted octanol–water partition coefficient (Wildman–Crippen LogP) is 1.39. The average Bonchev–Trinajstić information content (AvgIpc) is 2.73. The van der Waals surface area contributed by atoms with Gasteiger partial charge in [0.15, 0.2) is 9.84 Å². The van der Waals surface area contributed by atoms with Crippen molar-refractivity contribution in [2.75, 3.05) is 12.0 Å². The van der Waals surface area contributed by atoms with Crippen LogP contribution in [0.2, 0.25) is 0 Å². The lowest BCUT2D eigenvalue weighted by atomic mass is 10.2. The second-order valence-corrected chi connectivity index (χ2v) is 8.24. The van der Waals surface area contributed by atoms with Gasteiger partial charge in [0.25, 0.3) is 0 Å². The fraction of sp³-hybridized carbons (Fsp3) is 1.00. The highest BCUT2D eigenvalue weighted by Crippen LogP contribution is 2.46. The van der Waals surface area contributed by atoms with E-state index >= 15 is 0 Å². The molecule has 2 rings (SSSR count). The molecule has 0 aromatic rings. The topological polar surface area (TPSA) is 46.2 Å². The highest BCUT2D eigenvalue weighted by Gasteiger charge is 2.52. The van der Waals surface area contributed by atoms with Crippen molar-refractivity contribution in [2.45, 2.75) is 48.8 Å². The van der Waals surface area contributed by atoms with Crippen LogP contribution in [0.1, 0.15) is 32.6 Å². The van der Waals surface area contributed by atoms with Crippen LogP contribution in [-0.2, 0) is 9.84 Å². The molecule has 0 aromatic carbocycles. The molecule has 2 fully saturated rings. The van der Waals surface area contributed by atoms with Gasteiger partial charge in [0.2, 0.25) is 0 Å². The van der Waals surface area contributed by atoms with Crippen LogP contribution >= 0.6 is 11.8 Å². The van der Waals surface area contributed by atoms with E-state index in [9.17, 15) is 8.42 Å². The molecule has 1 saturated carbocycles. The number of hydrogen-bond donors (Lipinski definition) is 1. The van der Waals surface area contributed by atoms with Crippen LogP contribution in [0.15, 0.2) is 0 Å². The lowest BCUT2D eigenvalue weighted by Crippen LogP contribution is -2.50. The van der Waals surface area contributed by atoms with E-state index < -0.39 is 9.84 Å². The molecule has 1 N–H and O–H groups in total. The van der Waals surface area contributed by atoms with Gasteiger partial charge < -0.3 is 0 Å². The van der Waals surface area contributed by atoms with Crippen LogP contribution in [0.25, 0.3) is 0 Å². The molecule has 0 bridgehead atoms. The number of thioether (sulfide) groups is 1. The molecule has 0 aromatic heterocycles. The number of sulfone groups is 1. The molecule has 0 amide bonds. The van der Waals surface area contributed by atoms with Crippen molar-refractivity contribution in [2.24, 2.45) is 0 Å². The van der Waals surface area contributed by atoms with E-state index in [1.807, 2.05) is 11.8 Å². The summed E-state index contributed by atoms with van der Waals surface area (Å²) in [5.41, 5.74) is 0.